The number of esters is 1. The summed E-state index contributed by atoms with van der Waals surface area (Å²) < 4.78 is 11.1. The predicted molar refractivity (Wildman–Crippen MR) is 141 cm³/mol. The Morgan fingerprint density at radius 2 is 1.63 bits per heavy atom. The number of nitrogens with zero attached hydrogens (tertiary/aromatic N) is 1. The lowest BCUT2D eigenvalue weighted by molar-refractivity contribution is 0.0600. The van der Waals surface area contributed by atoms with Crippen LogP contribution >= 0.6 is 0 Å². The second kappa shape index (κ2) is 11.3. The molecule has 5 heteroatoms. The summed E-state index contributed by atoms with van der Waals surface area (Å²) in [5.41, 5.74) is 3.24. The van der Waals surface area contributed by atoms with Gasteiger partial charge in [-0.3, -0.25) is 0 Å². The minimum absolute atomic E-state index is 0.242. The molecule has 4 aromatic rings. The number of hydrogen-bond acceptors (Lipinski definition) is 5. The highest BCUT2D eigenvalue weighted by atomic mass is 16.5. The van der Waals surface area contributed by atoms with Gasteiger partial charge in [0.1, 0.15) is 18.1 Å². The van der Waals surface area contributed by atoms with Crippen LogP contribution in [-0.4, -0.2) is 37.9 Å². The smallest absolute Gasteiger partial charge is 0.337 e. The highest BCUT2D eigenvalue weighted by molar-refractivity contribution is 5.89. The van der Waals surface area contributed by atoms with Crippen molar-refractivity contribution in [2.75, 3.05) is 31.7 Å². The Labute approximate surface area is 205 Å². The van der Waals surface area contributed by atoms with Gasteiger partial charge in [-0.2, -0.15) is 0 Å². The summed E-state index contributed by atoms with van der Waals surface area (Å²) in [5, 5.41) is 12.6. The van der Waals surface area contributed by atoms with Gasteiger partial charge in [0.2, 0.25) is 0 Å². The zero-order valence-corrected chi connectivity index (χ0v) is 20.0. The van der Waals surface area contributed by atoms with Crippen molar-refractivity contribution in [2.45, 2.75) is 6.92 Å². The molecule has 0 aromatic heterocycles. The molecule has 5 nitrogen and oxygen atoms in total. The first-order valence-electron chi connectivity index (χ1n) is 11.6. The fraction of sp³-hybridized carbons (Fsp3) is 0.167. The molecule has 0 bridgehead atoms. The molecule has 0 aliphatic rings. The number of carbonyl (C=O) groups excluding carboxylic acids is 1. The number of fused-ring (bicyclic) bond motifs is 1. The highest BCUT2D eigenvalue weighted by Gasteiger charge is 2.13. The van der Waals surface area contributed by atoms with Crippen molar-refractivity contribution < 1.29 is 19.4 Å². The third-order valence-corrected chi connectivity index (χ3v) is 5.86. The highest BCUT2D eigenvalue weighted by Crippen LogP contribution is 2.29. The van der Waals surface area contributed by atoms with Crippen LogP contribution in [0.4, 0.5) is 5.69 Å². The first kappa shape index (κ1) is 23.9. The van der Waals surface area contributed by atoms with Gasteiger partial charge in [-0.25, -0.2) is 4.79 Å². The Bertz CT molecular complexity index is 1320. The minimum atomic E-state index is -0.364. The van der Waals surface area contributed by atoms with Gasteiger partial charge in [-0.1, -0.05) is 66.7 Å². The molecule has 1 N–H and O–H groups in total. The average Bonchev–Trinajstić information content (AvgIpc) is 2.90. The Morgan fingerprint density at radius 3 is 2.37 bits per heavy atom. The number of para-hydroxylation sites is 2. The van der Waals surface area contributed by atoms with Gasteiger partial charge in [0.25, 0.3) is 0 Å². The lowest BCUT2D eigenvalue weighted by atomic mass is 10.1. The molecule has 4 rings (SSSR count). The largest absolute Gasteiger partial charge is 0.506 e. The molecule has 0 radical (unpaired) electrons. The number of rotatable bonds is 9. The molecule has 178 valence electrons. The van der Waals surface area contributed by atoms with E-state index in [-0.39, 0.29) is 11.7 Å². The third-order valence-electron chi connectivity index (χ3n) is 5.86. The number of anilines is 1. The van der Waals surface area contributed by atoms with E-state index in [4.69, 9.17) is 9.47 Å². The normalized spacial score (nSPS) is 11.3. The third kappa shape index (κ3) is 5.82. The lowest BCUT2D eigenvalue weighted by Crippen LogP contribution is -2.27. The molecule has 4 aromatic carbocycles. The number of aromatic hydroxyl groups is 1. The van der Waals surface area contributed by atoms with Crippen LogP contribution < -0.4 is 9.64 Å². The standard InChI is InChI=1S/C30H29NO4/c1-3-31(27-12-6-7-13-28(27)32)20-23(19-22-15-17-25(18-16-22)30(33)34-2)21-35-29-14-8-10-24-9-4-5-11-26(24)29/h4-19,32H,3,20-21H2,1-2H3. The van der Waals surface area contributed by atoms with E-state index in [9.17, 15) is 9.90 Å². The van der Waals surface area contributed by atoms with Gasteiger partial charge in [0.15, 0.2) is 0 Å². The molecule has 0 fully saturated rings. The SMILES string of the molecule is CCN(CC(=Cc1ccc(C(=O)OC)cc1)COc1cccc2ccccc12)c1ccccc1O. The van der Waals surface area contributed by atoms with Gasteiger partial charge in [0.05, 0.1) is 18.4 Å². The number of carbonyl (C=O) groups is 1. The van der Waals surface area contributed by atoms with E-state index in [1.807, 2.05) is 54.6 Å². The van der Waals surface area contributed by atoms with Crippen LogP contribution in [0.15, 0.2) is 96.6 Å². The topological polar surface area (TPSA) is 59.0 Å². The first-order chi connectivity index (χ1) is 17.1. The van der Waals surface area contributed by atoms with E-state index in [1.165, 1.54) is 7.11 Å². The molecule has 0 amide bonds. The van der Waals surface area contributed by atoms with Crippen molar-refractivity contribution in [3.8, 4) is 11.5 Å². The maximum atomic E-state index is 11.8. The number of phenols is 1. The molecule has 35 heavy (non-hydrogen) atoms. The zero-order chi connectivity index (χ0) is 24.6. The molecule has 0 saturated heterocycles. The monoisotopic (exact) mass is 467 g/mol. The number of ether oxygens (including phenoxy) is 2. The molecule has 0 spiro atoms. The Kier molecular flexibility index (Phi) is 7.68. The van der Waals surface area contributed by atoms with Crippen LogP contribution in [0, 0.1) is 0 Å². The van der Waals surface area contributed by atoms with Gasteiger partial charge in [0, 0.05) is 18.5 Å². The van der Waals surface area contributed by atoms with Gasteiger partial charge >= 0.3 is 5.97 Å². The molecule has 0 aliphatic carbocycles. The van der Waals surface area contributed by atoms with Gasteiger partial charge in [-0.05, 0) is 53.8 Å². The van der Waals surface area contributed by atoms with E-state index in [0.717, 1.165) is 33.3 Å². The van der Waals surface area contributed by atoms with Crippen LogP contribution in [0.3, 0.4) is 0 Å². The summed E-state index contributed by atoms with van der Waals surface area (Å²) in [6.07, 6.45) is 2.06. The summed E-state index contributed by atoms with van der Waals surface area (Å²) in [6, 6.07) is 28.8. The zero-order valence-electron chi connectivity index (χ0n) is 20.0. The quantitative estimate of drug-likeness (QED) is 0.292. The first-order valence-corrected chi connectivity index (χ1v) is 11.6. The van der Waals surface area contributed by atoms with Crippen molar-refractivity contribution in [2.24, 2.45) is 0 Å². The van der Waals surface area contributed by atoms with Crippen LogP contribution in [0.2, 0.25) is 0 Å². The molecule has 0 aliphatic heterocycles. The maximum Gasteiger partial charge on any atom is 0.337 e. The Morgan fingerprint density at radius 1 is 0.914 bits per heavy atom. The Hall–Kier alpha value is -4.25. The number of phenolic OH excluding ortho intramolecular Hbond substituents is 1. The van der Waals surface area contributed by atoms with Crippen molar-refractivity contribution in [3.63, 3.8) is 0 Å². The molecular weight excluding hydrogens is 438 g/mol. The average molecular weight is 468 g/mol. The molecule has 0 unspecified atom stereocenters. The number of benzene rings is 4. The number of hydrogen-bond donors (Lipinski definition) is 1. The van der Waals surface area contributed by atoms with Crippen molar-refractivity contribution in [3.05, 3.63) is 108 Å². The number of methoxy groups -OCH3 is 1. The molecule has 0 saturated carbocycles. The van der Waals surface area contributed by atoms with Crippen LogP contribution in [0.1, 0.15) is 22.8 Å². The summed E-state index contributed by atoms with van der Waals surface area (Å²) in [5.74, 6) is 0.698. The summed E-state index contributed by atoms with van der Waals surface area (Å²) >= 11 is 0. The molecule has 0 heterocycles. The van der Waals surface area contributed by atoms with E-state index < -0.39 is 0 Å². The second-order valence-electron chi connectivity index (χ2n) is 8.19. The fourth-order valence-corrected chi connectivity index (χ4v) is 4.04. The molecular formula is C30H29NO4. The number of likely N-dealkylation sites (N-methyl/N-ethyl adjacent to an activating group) is 1. The summed E-state index contributed by atoms with van der Waals surface area (Å²) in [6.45, 7) is 3.71. The summed E-state index contributed by atoms with van der Waals surface area (Å²) in [4.78, 5) is 13.9. The molecule has 0 atom stereocenters. The van der Waals surface area contributed by atoms with Crippen LogP contribution in [-0.2, 0) is 4.74 Å². The second-order valence-corrected chi connectivity index (χ2v) is 8.19. The van der Waals surface area contributed by atoms with Crippen molar-refractivity contribution >= 4 is 28.5 Å². The minimum Gasteiger partial charge on any atom is -0.506 e. The Balaban J connectivity index is 1.63. The predicted octanol–water partition coefficient (Wildman–Crippen LogP) is 6.32. The van der Waals surface area contributed by atoms with E-state index >= 15 is 0 Å². The van der Waals surface area contributed by atoms with Crippen LogP contribution in [0.5, 0.6) is 11.5 Å². The van der Waals surface area contributed by atoms with E-state index in [2.05, 4.69) is 36.1 Å². The van der Waals surface area contributed by atoms with Crippen LogP contribution in [0.25, 0.3) is 16.8 Å². The van der Waals surface area contributed by atoms with Crippen molar-refractivity contribution in [1.82, 2.24) is 0 Å². The fourth-order valence-electron chi connectivity index (χ4n) is 4.04. The maximum absolute atomic E-state index is 11.8. The van der Waals surface area contributed by atoms with E-state index in [0.29, 0.717) is 25.3 Å². The van der Waals surface area contributed by atoms with E-state index in [1.54, 1.807) is 18.2 Å². The van der Waals surface area contributed by atoms with Gasteiger partial charge in [-0.15, -0.1) is 0 Å². The van der Waals surface area contributed by atoms with Crippen molar-refractivity contribution in [1.29, 1.82) is 0 Å². The summed E-state index contributed by atoms with van der Waals surface area (Å²) in [7, 11) is 1.37. The van der Waals surface area contributed by atoms with Gasteiger partial charge < -0.3 is 19.5 Å². The lowest BCUT2D eigenvalue weighted by Gasteiger charge is -2.25.